The molecule has 0 N–H and O–H groups in total. The number of hydrogen-bond donors (Lipinski definition) is 1. The fourth-order valence-corrected chi connectivity index (χ4v) is 0.536. The Morgan fingerprint density at radius 2 is 2.30 bits per heavy atom. The van der Waals surface area contributed by atoms with E-state index < -0.39 is 10.7 Å². The smallest absolute Gasteiger partial charge is 0.0573 e. The van der Waals surface area contributed by atoms with Gasteiger partial charge < -0.3 is 9.90 Å². The minimum Gasteiger partial charge on any atom is -0.549 e. The Morgan fingerprint density at radius 3 is 2.60 bits per heavy atom. The average Bonchev–Trinajstić information content (AvgIpc) is 1.84. The van der Waals surface area contributed by atoms with Gasteiger partial charge in [-0.15, -0.1) is 0 Å². The lowest BCUT2D eigenvalue weighted by atomic mass is 10.1. The summed E-state index contributed by atoms with van der Waals surface area (Å²) in [5.41, 5.74) is 0. The first-order chi connectivity index (χ1) is 4.50. The molecule has 0 rings (SSSR count). The number of allylic oxidation sites excluding steroid dienone is 2. The maximum absolute atomic E-state index is 10.3. The molecule has 0 amide bonds. The molecule has 1 unspecified atom stereocenters. The number of carboxylic acid groups (broad SMARTS) is 1. The van der Waals surface area contributed by atoms with E-state index in [2.05, 4.69) is 12.6 Å². The molecule has 0 aromatic heterocycles. The molecule has 0 spiro atoms. The third-order valence-electron chi connectivity index (χ3n) is 1.19. The minimum absolute atomic E-state index is 0.398. The number of carboxylic acids is 1. The second-order valence-corrected chi connectivity index (χ2v) is 3.32. The molecule has 1 atom stereocenters. The summed E-state index contributed by atoms with van der Waals surface area (Å²) in [4.78, 5) is 10.3. The standard InChI is InChI=1S/C7H12O2S/c1-3-4-5-7(2,10)6(8)9/h3-4,10H,5H2,1-2H3,(H,8,9)/p-1/b4-3+. The van der Waals surface area contributed by atoms with Gasteiger partial charge in [0.25, 0.3) is 0 Å². The zero-order valence-electron chi connectivity index (χ0n) is 6.13. The zero-order valence-corrected chi connectivity index (χ0v) is 7.02. The molecular weight excluding hydrogens is 148 g/mol. The lowest BCUT2D eigenvalue weighted by Crippen LogP contribution is -2.41. The lowest BCUT2D eigenvalue weighted by molar-refractivity contribution is -0.308. The summed E-state index contributed by atoms with van der Waals surface area (Å²) in [6, 6.07) is 0. The van der Waals surface area contributed by atoms with Gasteiger partial charge in [-0.1, -0.05) is 12.2 Å². The average molecular weight is 159 g/mol. The van der Waals surface area contributed by atoms with Crippen molar-refractivity contribution in [3.05, 3.63) is 12.2 Å². The Hall–Kier alpha value is -0.440. The maximum Gasteiger partial charge on any atom is 0.0573 e. The predicted molar refractivity (Wildman–Crippen MR) is 41.8 cm³/mol. The Morgan fingerprint density at radius 1 is 1.80 bits per heavy atom. The third kappa shape index (κ3) is 2.92. The largest absolute Gasteiger partial charge is 0.549 e. The van der Waals surface area contributed by atoms with E-state index in [1.807, 2.05) is 6.92 Å². The van der Waals surface area contributed by atoms with Gasteiger partial charge in [-0.3, -0.25) is 0 Å². The summed E-state index contributed by atoms with van der Waals surface area (Å²) in [5, 5.41) is 10.3. The molecule has 3 heteroatoms. The predicted octanol–water partition coefficient (Wildman–Crippen LogP) is 0.391. The van der Waals surface area contributed by atoms with Gasteiger partial charge in [0, 0.05) is 0 Å². The van der Waals surface area contributed by atoms with E-state index in [1.165, 1.54) is 6.92 Å². The molecule has 0 aliphatic carbocycles. The van der Waals surface area contributed by atoms with Gasteiger partial charge in [0.05, 0.1) is 10.7 Å². The van der Waals surface area contributed by atoms with Crippen molar-refractivity contribution in [2.45, 2.75) is 25.0 Å². The first kappa shape index (κ1) is 9.56. The molecular formula is C7H11O2S-. The maximum atomic E-state index is 10.3. The molecule has 0 fully saturated rings. The molecule has 0 radical (unpaired) electrons. The molecule has 0 aliphatic heterocycles. The van der Waals surface area contributed by atoms with Gasteiger partial charge in [-0.05, 0) is 20.3 Å². The summed E-state index contributed by atoms with van der Waals surface area (Å²) in [5.74, 6) is -1.13. The number of thiol groups is 1. The Labute approximate surface area is 66.4 Å². The fourth-order valence-electron chi connectivity index (χ4n) is 0.431. The monoisotopic (exact) mass is 159 g/mol. The van der Waals surface area contributed by atoms with Crippen LogP contribution in [-0.2, 0) is 4.79 Å². The van der Waals surface area contributed by atoms with Crippen molar-refractivity contribution in [1.29, 1.82) is 0 Å². The fraction of sp³-hybridized carbons (Fsp3) is 0.571. The van der Waals surface area contributed by atoms with Crippen molar-refractivity contribution in [1.82, 2.24) is 0 Å². The summed E-state index contributed by atoms with van der Waals surface area (Å²) in [6.07, 6.45) is 3.94. The van der Waals surface area contributed by atoms with E-state index >= 15 is 0 Å². The van der Waals surface area contributed by atoms with Gasteiger partial charge in [0.2, 0.25) is 0 Å². The van der Waals surface area contributed by atoms with Crippen molar-refractivity contribution in [3.63, 3.8) is 0 Å². The Bertz CT molecular complexity index is 150. The van der Waals surface area contributed by atoms with Crippen LogP contribution in [0.5, 0.6) is 0 Å². The van der Waals surface area contributed by atoms with Crippen LogP contribution in [0.2, 0.25) is 0 Å². The van der Waals surface area contributed by atoms with Crippen LogP contribution in [0.15, 0.2) is 12.2 Å². The molecule has 0 aromatic carbocycles. The van der Waals surface area contributed by atoms with Crippen LogP contribution in [-0.4, -0.2) is 10.7 Å². The summed E-state index contributed by atoms with van der Waals surface area (Å²) in [7, 11) is 0. The molecule has 58 valence electrons. The van der Waals surface area contributed by atoms with E-state index in [-0.39, 0.29) is 0 Å². The molecule has 0 heterocycles. The highest BCUT2D eigenvalue weighted by molar-refractivity contribution is 7.82. The third-order valence-corrected chi connectivity index (χ3v) is 1.56. The van der Waals surface area contributed by atoms with E-state index in [0.717, 1.165) is 0 Å². The van der Waals surface area contributed by atoms with E-state index in [9.17, 15) is 9.90 Å². The number of aliphatic carboxylic acids is 1. The normalized spacial score (nSPS) is 17.1. The zero-order chi connectivity index (χ0) is 8.20. The first-order valence-electron chi connectivity index (χ1n) is 3.05. The topological polar surface area (TPSA) is 40.1 Å². The second kappa shape index (κ2) is 3.66. The number of rotatable bonds is 3. The van der Waals surface area contributed by atoms with Gasteiger partial charge in [0.15, 0.2) is 0 Å². The molecule has 0 aliphatic rings. The van der Waals surface area contributed by atoms with Gasteiger partial charge in [-0.2, -0.15) is 12.6 Å². The van der Waals surface area contributed by atoms with Gasteiger partial charge in [-0.25, -0.2) is 0 Å². The van der Waals surface area contributed by atoms with E-state index in [0.29, 0.717) is 6.42 Å². The van der Waals surface area contributed by atoms with Crippen LogP contribution in [0.25, 0.3) is 0 Å². The first-order valence-corrected chi connectivity index (χ1v) is 3.50. The molecule has 2 nitrogen and oxygen atoms in total. The lowest BCUT2D eigenvalue weighted by Gasteiger charge is -2.22. The van der Waals surface area contributed by atoms with Gasteiger partial charge >= 0.3 is 0 Å². The summed E-state index contributed by atoms with van der Waals surface area (Å²) in [6.45, 7) is 3.35. The SMILES string of the molecule is C/C=C/CC(C)(S)C(=O)[O-]. The van der Waals surface area contributed by atoms with Crippen LogP contribution in [0.4, 0.5) is 0 Å². The molecule has 0 bridgehead atoms. The van der Waals surface area contributed by atoms with Crippen molar-refractivity contribution in [3.8, 4) is 0 Å². The number of hydrogen-bond acceptors (Lipinski definition) is 3. The van der Waals surface area contributed by atoms with Gasteiger partial charge in [0.1, 0.15) is 0 Å². The quantitative estimate of drug-likeness (QED) is 0.478. The molecule has 0 saturated heterocycles. The van der Waals surface area contributed by atoms with Crippen molar-refractivity contribution < 1.29 is 9.90 Å². The second-order valence-electron chi connectivity index (χ2n) is 2.33. The van der Waals surface area contributed by atoms with Crippen LogP contribution in [0.1, 0.15) is 20.3 Å². The van der Waals surface area contributed by atoms with Crippen LogP contribution in [0.3, 0.4) is 0 Å². The molecule has 0 saturated carbocycles. The Balaban J connectivity index is 3.99. The number of carbonyl (C=O) groups excluding carboxylic acids is 1. The van der Waals surface area contributed by atoms with Crippen LogP contribution >= 0.6 is 12.6 Å². The van der Waals surface area contributed by atoms with Crippen LogP contribution in [0, 0.1) is 0 Å². The van der Waals surface area contributed by atoms with Crippen molar-refractivity contribution in [2.75, 3.05) is 0 Å². The Kier molecular flexibility index (Phi) is 3.50. The highest BCUT2D eigenvalue weighted by Gasteiger charge is 2.17. The van der Waals surface area contributed by atoms with Crippen molar-refractivity contribution in [2.24, 2.45) is 0 Å². The van der Waals surface area contributed by atoms with E-state index in [4.69, 9.17) is 0 Å². The molecule has 10 heavy (non-hydrogen) atoms. The highest BCUT2D eigenvalue weighted by Crippen LogP contribution is 2.17. The van der Waals surface area contributed by atoms with Crippen molar-refractivity contribution >= 4 is 18.6 Å². The van der Waals surface area contributed by atoms with Crippen LogP contribution < -0.4 is 5.11 Å². The summed E-state index contributed by atoms with van der Waals surface area (Å²) >= 11 is 3.90. The number of carbonyl (C=O) groups is 1. The summed E-state index contributed by atoms with van der Waals surface area (Å²) < 4.78 is -1.04. The van der Waals surface area contributed by atoms with E-state index in [1.54, 1.807) is 12.2 Å². The highest BCUT2D eigenvalue weighted by atomic mass is 32.1. The molecule has 0 aromatic rings. The minimum atomic E-state index is -1.13.